The first-order chi connectivity index (χ1) is 48.0. The van der Waals surface area contributed by atoms with Crippen molar-refractivity contribution < 1.29 is 42.2 Å². The average Bonchev–Trinajstić information content (AvgIpc) is 1.23. The van der Waals surface area contributed by atoms with E-state index in [0.29, 0.717) is 147 Å². The molecule has 1 aromatic heterocycles. The number of aliphatic imine (C=N–C) groups is 1. The number of halogens is 4. The third-order valence-corrected chi connectivity index (χ3v) is 21.8. The van der Waals surface area contributed by atoms with Gasteiger partial charge in [0.2, 0.25) is 23.6 Å². The van der Waals surface area contributed by atoms with Crippen LogP contribution in [0, 0.1) is 28.9 Å². The molecule has 7 heterocycles. The van der Waals surface area contributed by atoms with Gasteiger partial charge in [0, 0.05) is 131 Å². The lowest BCUT2D eigenvalue weighted by atomic mass is 9.82. The zero-order chi connectivity index (χ0) is 70.4. The molecule has 1 saturated carbocycles. The number of likely N-dealkylation sites (N-methyl/N-ethyl adjacent to an activating group) is 1. The monoisotopic (exact) mass is 1410 g/mol. The number of aromatic nitrogens is 2. The molecule has 0 unspecified atom stereocenters. The lowest BCUT2D eigenvalue weighted by molar-refractivity contribution is -0.139. The molecule has 22 nitrogen and oxygen atoms in total. The summed E-state index contributed by atoms with van der Waals surface area (Å²) in [4.78, 5) is 98.5. The van der Waals surface area contributed by atoms with Gasteiger partial charge in [0.1, 0.15) is 59.5 Å². The molecule has 6 aliphatic heterocycles. The summed E-state index contributed by atoms with van der Waals surface area (Å²) in [6, 6.07) is 23.3. The van der Waals surface area contributed by atoms with Crippen molar-refractivity contribution in [2.45, 2.75) is 115 Å². The van der Waals surface area contributed by atoms with E-state index in [1.165, 1.54) is 28.3 Å². The number of piperazine rings is 2. The van der Waals surface area contributed by atoms with Crippen LogP contribution in [-0.2, 0) is 25.7 Å². The molecule has 6 fully saturated rings. The summed E-state index contributed by atoms with van der Waals surface area (Å²) in [6.07, 6.45) is 7.78. The predicted octanol–water partition coefficient (Wildman–Crippen LogP) is 9.03. The van der Waals surface area contributed by atoms with Crippen LogP contribution >= 0.6 is 23.2 Å². The number of nitrogens with one attached hydrogen (secondary N) is 4. The number of nitrogens with zero attached hydrogens (tertiary/aromatic N) is 11. The summed E-state index contributed by atoms with van der Waals surface area (Å²) in [6.45, 7) is 16.7. The van der Waals surface area contributed by atoms with Crippen molar-refractivity contribution >= 4 is 76.0 Å². The molecule has 5 aromatic rings. The number of piperidine rings is 2. The number of rotatable bonds is 24. The van der Waals surface area contributed by atoms with Gasteiger partial charge in [-0.1, -0.05) is 61.3 Å². The van der Waals surface area contributed by atoms with E-state index in [9.17, 15) is 19.2 Å². The number of hydrogen-bond donors (Lipinski definition) is 4. The molecule has 6 amide bonds. The van der Waals surface area contributed by atoms with E-state index in [-0.39, 0.29) is 73.6 Å². The second-order valence-electron chi connectivity index (χ2n) is 29.2. The van der Waals surface area contributed by atoms with Crippen molar-refractivity contribution in [2.75, 3.05) is 141 Å². The average molecular weight is 1420 g/mol. The smallest absolute Gasteiger partial charge is 0.326 e. The molecule has 1 spiro atoms. The molecular formula is C74H95Cl2F2N15O7. The Morgan fingerprint density at radius 3 is 2.16 bits per heavy atom. The van der Waals surface area contributed by atoms with Gasteiger partial charge in [-0.05, 0) is 150 Å². The van der Waals surface area contributed by atoms with E-state index in [2.05, 4.69) is 71.7 Å². The Kier molecular flexibility index (Phi) is 22.7. The maximum atomic E-state index is 15.8. The van der Waals surface area contributed by atoms with Gasteiger partial charge in [0.25, 0.3) is 0 Å². The van der Waals surface area contributed by atoms with Crippen molar-refractivity contribution in [1.29, 1.82) is 0 Å². The van der Waals surface area contributed by atoms with Crippen molar-refractivity contribution in [3.05, 3.63) is 135 Å². The van der Waals surface area contributed by atoms with Gasteiger partial charge < -0.3 is 60.1 Å². The molecule has 5 atom stereocenters. The van der Waals surface area contributed by atoms with Crippen molar-refractivity contribution in [3.63, 3.8) is 0 Å². The van der Waals surface area contributed by atoms with Crippen LogP contribution in [0.15, 0.2) is 96.2 Å². The number of carbonyl (C=O) groups is 5. The highest BCUT2D eigenvalue weighted by molar-refractivity contribution is 6.30. The Morgan fingerprint density at radius 2 is 1.47 bits per heavy atom. The van der Waals surface area contributed by atoms with E-state index < -0.39 is 35.3 Å². The second kappa shape index (κ2) is 31.6. The van der Waals surface area contributed by atoms with Gasteiger partial charge in [-0.15, -0.1) is 0 Å². The molecular weight excluding hydrogens is 1320 g/mol. The largest absolute Gasteiger partial charge is 0.497 e. The van der Waals surface area contributed by atoms with Gasteiger partial charge in [0.05, 0.1) is 49.1 Å². The Hall–Kier alpha value is -7.90. The minimum atomic E-state index is -0.652. The van der Waals surface area contributed by atoms with Crippen LogP contribution in [-0.4, -0.2) is 218 Å². The third kappa shape index (κ3) is 17.3. The van der Waals surface area contributed by atoms with Crippen LogP contribution in [0.4, 0.5) is 30.9 Å². The number of anilines is 3. The lowest BCUT2D eigenvalue weighted by Gasteiger charge is -2.48. The Balaban J connectivity index is 0.538. The fourth-order valence-corrected chi connectivity index (χ4v) is 15.7. The number of hydrogen-bond acceptors (Lipinski definition) is 16. The van der Waals surface area contributed by atoms with Crippen LogP contribution in [0.3, 0.4) is 0 Å². The van der Waals surface area contributed by atoms with E-state index in [0.717, 1.165) is 68.8 Å². The molecule has 4 N–H and O–H groups in total. The quantitative estimate of drug-likeness (QED) is 0.0424. The van der Waals surface area contributed by atoms with E-state index in [1.807, 2.05) is 50.2 Å². The first-order valence-corrected chi connectivity index (χ1v) is 36.1. The van der Waals surface area contributed by atoms with Crippen LogP contribution < -0.4 is 40.5 Å². The molecule has 0 bridgehead atoms. The normalized spacial score (nSPS) is 22.3. The summed E-state index contributed by atoms with van der Waals surface area (Å²) >= 11 is 12.8. The summed E-state index contributed by atoms with van der Waals surface area (Å²) in [7, 11) is 3.68. The SMILES string of the molecule is COc1ccc(C2=N[C@@H](c3ccc(Cl)cc3)[C@@H](c3ccc(Cl)cc3)N2C(=O)N2CCN(CC(=O)NCCN(C)[C@@H]3C[C@@H]4CN(CCC(=O)NCCCNc5cc(N6CCC7(CC6)CN(c6cc(F)c(CN8CCC(C)(C)CC8)cc6F)CC(=O)N7)ncn5)C[C@@H]4C3)C(=O)C2)c(OC(C)C)c1. The van der Waals surface area contributed by atoms with Crippen LogP contribution in [0.2, 0.25) is 10.0 Å². The fraction of sp³-hybridized carbons (Fsp3) is 0.541. The topological polar surface area (TPSA) is 216 Å². The number of amides is 6. The molecule has 4 aromatic carbocycles. The van der Waals surface area contributed by atoms with Gasteiger partial charge in [-0.2, -0.15) is 0 Å². The number of likely N-dealkylation sites (tertiary alicyclic amines) is 2. The number of amidine groups is 1. The summed E-state index contributed by atoms with van der Waals surface area (Å²) < 4.78 is 43.3. The van der Waals surface area contributed by atoms with Crippen LogP contribution in [0.25, 0.3) is 0 Å². The summed E-state index contributed by atoms with van der Waals surface area (Å²) in [5, 5.41) is 13.8. The molecule has 5 saturated heterocycles. The maximum Gasteiger partial charge on any atom is 0.326 e. The zero-order valence-corrected chi connectivity index (χ0v) is 59.8. The van der Waals surface area contributed by atoms with E-state index in [1.54, 1.807) is 53.3 Å². The van der Waals surface area contributed by atoms with Crippen molar-refractivity contribution in [2.24, 2.45) is 22.2 Å². The molecule has 1 aliphatic carbocycles. The summed E-state index contributed by atoms with van der Waals surface area (Å²) in [5.74, 6) is 2.18. The fourth-order valence-electron chi connectivity index (χ4n) is 15.5. The summed E-state index contributed by atoms with van der Waals surface area (Å²) in [5.41, 5.74) is 2.31. The zero-order valence-electron chi connectivity index (χ0n) is 58.3. The van der Waals surface area contributed by atoms with Gasteiger partial charge in [-0.3, -0.25) is 34.0 Å². The molecule has 100 heavy (non-hydrogen) atoms. The van der Waals surface area contributed by atoms with Gasteiger partial charge in [-0.25, -0.2) is 23.5 Å². The maximum absolute atomic E-state index is 15.8. The highest BCUT2D eigenvalue weighted by atomic mass is 35.5. The number of methoxy groups -OCH3 is 1. The predicted molar refractivity (Wildman–Crippen MR) is 383 cm³/mol. The Bertz CT molecular complexity index is 3760. The standard InChI is InChI=1S/C74H95Cl2F2N15O7/c1-48(2)100-62-37-57(99-6)16-17-58(62)71-84-69(49-8-12-54(75)13-9-49)70(50-10-14-55(76)15-11-50)93(71)72(98)91-33-32-90(68(97)45-91)43-66(95)81-25-31-86(5)56-34-51-40-88(41-52(51)35-56)26-18-65(94)80-24-7-23-79-63-39-64(83-47-82-63)89-29-21-74(22-30-89)46-92(44-67(96)85-74)61-38-59(77)53(36-60(61)78)42-87-27-19-73(3,4)20-28-87/h8-17,36-39,47-48,51-52,56,69-70H,7,18-35,40-46H2,1-6H3,(H,80,94)(H,81,95)(H,85,96)(H,79,82,83)/t51-,52+,56-,69-,70+/m0/s1. The highest BCUT2D eigenvalue weighted by Gasteiger charge is 2.47. The molecule has 536 valence electrons. The number of urea groups is 1. The van der Waals surface area contributed by atoms with Crippen molar-refractivity contribution in [1.82, 2.24) is 55.3 Å². The Labute approximate surface area is 595 Å². The number of fused-ring (bicyclic) bond motifs is 1. The molecule has 7 aliphatic rings. The van der Waals surface area contributed by atoms with Crippen molar-refractivity contribution in [3.8, 4) is 11.5 Å². The van der Waals surface area contributed by atoms with Gasteiger partial charge >= 0.3 is 6.03 Å². The van der Waals surface area contributed by atoms with Crippen LogP contribution in [0.1, 0.15) is 113 Å². The highest BCUT2D eigenvalue weighted by Crippen LogP contribution is 2.47. The second-order valence-corrected chi connectivity index (χ2v) is 30.1. The lowest BCUT2D eigenvalue weighted by Crippen LogP contribution is -2.66. The van der Waals surface area contributed by atoms with E-state index >= 15 is 13.6 Å². The molecule has 0 radical (unpaired) electrons. The first kappa shape index (κ1) is 71.9. The minimum absolute atomic E-state index is 0.0263. The Morgan fingerprint density at radius 1 is 0.770 bits per heavy atom. The van der Waals surface area contributed by atoms with Crippen LogP contribution in [0.5, 0.6) is 11.5 Å². The first-order valence-electron chi connectivity index (χ1n) is 35.4. The number of ether oxygens (including phenoxy) is 2. The number of benzene rings is 4. The number of carbonyl (C=O) groups excluding carboxylic acids is 5. The molecule has 26 heteroatoms. The molecule has 12 rings (SSSR count). The minimum Gasteiger partial charge on any atom is -0.497 e. The van der Waals surface area contributed by atoms with E-state index in [4.69, 9.17) is 37.7 Å². The third-order valence-electron chi connectivity index (χ3n) is 21.3. The van der Waals surface area contributed by atoms with Gasteiger partial charge in [0.15, 0.2) is 0 Å².